The molecule has 0 aromatic carbocycles. The molecule has 0 saturated carbocycles. The Labute approximate surface area is 160 Å². The lowest BCUT2D eigenvalue weighted by atomic mass is 10.0. The molecule has 0 rings (SSSR count). The molecule has 0 aliphatic heterocycles. The Balaban J connectivity index is 0. The highest BCUT2D eigenvalue weighted by atomic mass is 16.4. The second-order valence-electron chi connectivity index (χ2n) is 6.73. The molecule has 26 heavy (non-hydrogen) atoms. The van der Waals surface area contributed by atoms with Crippen molar-refractivity contribution in [1.29, 1.82) is 0 Å². The highest BCUT2D eigenvalue weighted by molar-refractivity contribution is 5.71. The van der Waals surface area contributed by atoms with Crippen LogP contribution in [0.4, 0.5) is 0 Å². The minimum absolute atomic E-state index is 0.139. The lowest BCUT2D eigenvalue weighted by Crippen LogP contribution is -2.21. The minimum Gasteiger partial charge on any atom is -0.479 e. The van der Waals surface area contributed by atoms with E-state index in [1.165, 1.54) is 64.2 Å². The molecule has 0 heterocycles. The summed E-state index contributed by atoms with van der Waals surface area (Å²) in [7, 11) is 0. The second-order valence-corrected chi connectivity index (χ2v) is 6.73. The van der Waals surface area contributed by atoms with Gasteiger partial charge in [0.05, 0.1) is 13.2 Å². The average molecular weight is 378 g/mol. The van der Waals surface area contributed by atoms with Gasteiger partial charge in [-0.15, -0.1) is 0 Å². The maximum absolute atomic E-state index is 10.4. The van der Waals surface area contributed by atoms with Gasteiger partial charge in [0.2, 0.25) is 0 Å². The van der Waals surface area contributed by atoms with E-state index in [0.29, 0.717) is 19.5 Å². The molecule has 0 bridgehead atoms. The van der Waals surface area contributed by atoms with Gasteiger partial charge in [-0.3, -0.25) is 0 Å². The van der Waals surface area contributed by atoms with E-state index >= 15 is 0 Å². The fraction of sp³-hybridized carbons (Fsp3) is 0.950. The standard InChI is InChI=1S/C16H32O3.C4H11NO2/c1-2-3-4-5-6-7-8-9-10-11-12-13-14-15(17)16(18)19;6-3-1-5-2-4-7/h15,17H,2-14H2,1H3,(H,18,19);5-7H,1-4H2. The molecule has 5 N–H and O–H groups in total. The number of aliphatic carboxylic acids is 1. The molecule has 0 aliphatic rings. The summed E-state index contributed by atoms with van der Waals surface area (Å²) in [5.41, 5.74) is 0. The van der Waals surface area contributed by atoms with Crippen molar-refractivity contribution in [2.45, 2.75) is 96.5 Å². The Morgan fingerprint density at radius 1 is 0.769 bits per heavy atom. The second kappa shape index (κ2) is 24.3. The van der Waals surface area contributed by atoms with Crippen LogP contribution in [0, 0.1) is 0 Å². The zero-order valence-electron chi connectivity index (χ0n) is 16.8. The molecule has 0 fully saturated rings. The van der Waals surface area contributed by atoms with Gasteiger partial charge < -0.3 is 25.7 Å². The predicted molar refractivity (Wildman–Crippen MR) is 106 cm³/mol. The Morgan fingerprint density at radius 2 is 1.15 bits per heavy atom. The number of carbonyl (C=O) groups is 1. The molecule has 0 amide bonds. The number of rotatable bonds is 18. The largest absolute Gasteiger partial charge is 0.479 e. The van der Waals surface area contributed by atoms with Crippen molar-refractivity contribution in [1.82, 2.24) is 5.32 Å². The summed E-state index contributed by atoms with van der Waals surface area (Å²) in [4.78, 5) is 10.4. The van der Waals surface area contributed by atoms with Crippen LogP contribution < -0.4 is 5.32 Å². The molecular weight excluding hydrogens is 334 g/mol. The summed E-state index contributed by atoms with van der Waals surface area (Å²) in [5, 5.41) is 36.7. The van der Waals surface area contributed by atoms with Crippen LogP contribution in [0.25, 0.3) is 0 Å². The van der Waals surface area contributed by atoms with Gasteiger partial charge in [0, 0.05) is 13.1 Å². The summed E-state index contributed by atoms with van der Waals surface area (Å²) >= 11 is 0. The van der Waals surface area contributed by atoms with Crippen molar-refractivity contribution >= 4 is 5.97 Å². The van der Waals surface area contributed by atoms with Crippen molar-refractivity contribution in [2.75, 3.05) is 26.3 Å². The van der Waals surface area contributed by atoms with Crippen LogP contribution in [0.3, 0.4) is 0 Å². The molecule has 6 heteroatoms. The average Bonchev–Trinajstić information content (AvgIpc) is 2.63. The van der Waals surface area contributed by atoms with Crippen molar-refractivity contribution in [3.05, 3.63) is 0 Å². The lowest BCUT2D eigenvalue weighted by molar-refractivity contribution is -0.146. The van der Waals surface area contributed by atoms with Crippen LogP contribution in [0.2, 0.25) is 0 Å². The minimum atomic E-state index is -1.16. The molecule has 1 unspecified atom stereocenters. The number of unbranched alkanes of at least 4 members (excludes halogenated alkanes) is 11. The van der Waals surface area contributed by atoms with Crippen molar-refractivity contribution in [3.8, 4) is 0 Å². The Kier molecular flexibility index (Phi) is 25.7. The van der Waals surface area contributed by atoms with Crippen molar-refractivity contribution in [2.24, 2.45) is 0 Å². The molecule has 158 valence electrons. The van der Waals surface area contributed by atoms with E-state index in [1.54, 1.807) is 0 Å². The summed E-state index contributed by atoms with van der Waals surface area (Å²) < 4.78 is 0. The van der Waals surface area contributed by atoms with E-state index in [4.69, 9.17) is 20.4 Å². The molecule has 0 spiro atoms. The first-order valence-electron chi connectivity index (χ1n) is 10.4. The van der Waals surface area contributed by atoms with Gasteiger partial charge in [-0.1, -0.05) is 84.0 Å². The van der Waals surface area contributed by atoms with Crippen molar-refractivity contribution in [3.63, 3.8) is 0 Å². The summed E-state index contributed by atoms with van der Waals surface area (Å²) in [6.45, 7) is 3.66. The Hall–Kier alpha value is -0.690. The van der Waals surface area contributed by atoms with Gasteiger partial charge in [-0.05, 0) is 6.42 Å². The van der Waals surface area contributed by atoms with Gasteiger partial charge in [0.25, 0.3) is 0 Å². The van der Waals surface area contributed by atoms with E-state index in [1.807, 2.05) is 0 Å². The van der Waals surface area contributed by atoms with Crippen LogP contribution in [-0.4, -0.2) is 58.8 Å². The summed E-state index contributed by atoms with van der Waals surface area (Å²) in [5.74, 6) is -1.09. The quantitative estimate of drug-likeness (QED) is 0.235. The zero-order chi connectivity index (χ0) is 19.9. The number of hydrogen-bond acceptors (Lipinski definition) is 5. The maximum Gasteiger partial charge on any atom is 0.332 e. The van der Waals surface area contributed by atoms with E-state index < -0.39 is 12.1 Å². The molecule has 0 aromatic rings. The first kappa shape index (κ1) is 27.5. The van der Waals surface area contributed by atoms with Gasteiger partial charge in [-0.25, -0.2) is 4.79 Å². The smallest absolute Gasteiger partial charge is 0.332 e. The highest BCUT2D eigenvalue weighted by Crippen LogP contribution is 2.12. The third kappa shape index (κ3) is 25.5. The monoisotopic (exact) mass is 377 g/mol. The van der Waals surface area contributed by atoms with E-state index in [9.17, 15) is 4.79 Å². The van der Waals surface area contributed by atoms with Crippen LogP contribution >= 0.6 is 0 Å². The highest BCUT2D eigenvalue weighted by Gasteiger charge is 2.11. The number of aliphatic hydroxyl groups is 3. The summed E-state index contributed by atoms with van der Waals surface area (Å²) in [6.07, 6.45) is 14.4. The van der Waals surface area contributed by atoms with Gasteiger partial charge in [0.1, 0.15) is 0 Å². The number of nitrogens with one attached hydrogen (secondary N) is 1. The molecule has 0 saturated heterocycles. The third-order valence-corrected chi connectivity index (χ3v) is 4.19. The van der Waals surface area contributed by atoms with Crippen LogP contribution in [0.15, 0.2) is 0 Å². The molecule has 6 nitrogen and oxygen atoms in total. The molecule has 1 atom stereocenters. The first-order valence-corrected chi connectivity index (χ1v) is 10.4. The fourth-order valence-corrected chi connectivity index (χ4v) is 2.59. The zero-order valence-corrected chi connectivity index (χ0v) is 16.8. The van der Waals surface area contributed by atoms with Crippen LogP contribution in [0.1, 0.15) is 90.4 Å². The number of hydrogen-bond donors (Lipinski definition) is 5. The molecular formula is C20H43NO5. The first-order chi connectivity index (χ1) is 12.6. The topological polar surface area (TPSA) is 110 Å². The summed E-state index contributed by atoms with van der Waals surface area (Å²) in [6, 6.07) is 0. The van der Waals surface area contributed by atoms with Crippen molar-refractivity contribution < 1.29 is 25.2 Å². The fourth-order valence-electron chi connectivity index (χ4n) is 2.59. The molecule has 0 aromatic heterocycles. The Bertz CT molecular complexity index is 273. The maximum atomic E-state index is 10.4. The van der Waals surface area contributed by atoms with Gasteiger partial charge >= 0.3 is 5.97 Å². The van der Waals surface area contributed by atoms with Gasteiger partial charge in [-0.2, -0.15) is 0 Å². The van der Waals surface area contributed by atoms with E-state index in [0.717, 1.165) is 12.8 Å². The number of aliphatic hydroxyl groups excluding tert-OH is 3. The lowest BCUT2D eigenvalue weighted by Gasteiger charge is -2.05. The SMILES string of the molecule is CCCCCCCCCCCCCCC(O)C(=O)O.OCCNCCO. The van der Waals surface area contributed by atoms with E-state index in [2.05, 4.69) is 12.2 Å². The molecule has 0 aliphatic carbocycles. The van der Waals surface area contributed by atoms with Crippen LogP contribution in [-0.2, 0) is 4.79 Å². The molecule has 0 radical (unpaired) electrons. The third-order valence-electron chi connectivity index (χ3n) is 4.19. The predicted octanol–water partition coefficient (Wildman–Crippen LogP) is 3.08. The normalized spacial score (nSPS) is 11.7. The van der Waals surface area contributed by atoms with Gasteiger partial charge in [0.15, 0.2) is 6.10 Å². The number of carboxylic acids is 1. The number of carboxylic acid groups (broad SMARTS) is 1. The van der Waals surface area contributed by atoms with Crippen LogP contribution in [0.5, 0.6) is 0 Å². The van der Waals surface area contributed by atoms with E-state index in [-0.39, 0.29) is 13.2 Å². The Morgan fingerprint density at radius 3 is 1.50 bits per heavy atom.